The first-order valence-electron chi connectivity index (χ1n) is 5.00. The highest BCUT2D eigenvalue weighted by Crippen LogP contribution is 2.12. The molecule has 0 aliphatic carbocycles. The molecule has 15 heavy (non-hydrogen) atoms. The van der Waals surface area contributed by atoms with Gasteiger partial charge in [-0.25, -0.2) is 4.98 Å². The van der Waals surface area contributed by atoms with E-state index in [9.17, 15) is 0 Å². The topological polar surface area (TPSA) is 51.0 Å². The molecule has 0 fully saturated rings. The number of nitrogens with zero attached hydrogens (tertiary/aromatic N) is 2. The minimum Gasteiger partial charge on any atom is -0.438 e. The number of oxazole rings is 1. The Labute approximate surface area is 88.7 Å². The molecule has 4 heteroatoms. The average molecular weight is 205 g/mol. The number of rotatable bonds is 2. The molecule has 0 atom stereocenters. The van der Waals surface area contributed by atoms with E-state index in [-0.39, 0.29) is 5.54 Å². The minimum atomic E-state index is 0.0636. The quantitative estimate of drug-likeness (QED) is 0.815. The van der Waals surface area contributed by atoms with Gasteiger partial charge >= 0.3 is 0 Å². The van der Waals surface area contributed by atoms with Gasteiger partial charge in [-0.05, 0) is 32.9 Å². The Balaban J connectivity index is 2.16. The van der Waals surface area contributed by atoms with E-state index in [0.717, 1.165) is 5.58 Å². The second-order valence-electron chi connectivity index (χ2n) is 4.54. The van der Waals surface area contributed by atoms with Crippen molar-refractivity contribution in [2.24, 2.45) is 0 Å². The molecule has 0 bridgehead atoms. The summed E-state index contributed by atoms with van der Waals surface area (Å²) < 4.78 is 5.53. The lowest BCUT2D eigenvalue weighted by Gasteiger charge is -2.18. The fraction of sp³-hybridized carbons (Fsp3) is 0.455. The first-order valence-corrected chi connectivity index (χ1v) is 5.00. The van der Waals surface area contributed by atoms with Crippen molar-refractivity contribution in [2.45, 2.75) is 32.9 Å². The average Bonchev–Trinajstić information content (AvgIpc) is 2.56. The van der Waals surface area contributed by atoms with Crippen LogP contribution in [0, 0.1) is 0 Å². The van der Waals surface area contributed by atoms with Gasteiger partial charge in [-0.2, -0.15) is 4.98 Å². The summed E-state index contributed by atoms with van der Waals surface area (Å²) in [5, 5.41) is 3.32. The second-order valence-corrected chi connectivity index (χ2v) is 4.54. The number of pyridine rings is 1. The molecule has 80 valence electrons. The number of fused-ring (bicyclic) bond motifs is 1. The van der Waals surface area contributed by atoms with Crippen LogP contribution in [0.15, 0.2) is 22.7 Å². The van der Waals surface area contributed by atoms with Crippen LogP contribution in [0.4, 0.5) is 0 Å². The van der Waals surface area contributed by atoms with Crippen molar-refractivity contribution >= 4 is 11.2 Å². The van der Waals surface area contributed by atoms with E-state index < -0.39 is 0 Å². The van der Waals surface area contributed by atoms with Crippen molar-refractivity contribution in [1.82, 2.24) is 15.3 Å². The highest BCUT2D eigenvalue weighted by atomic mass is 16.3. The molecular formula is C11H15N3O. The third kappa shape index (κ3) is 2.53. The van der Waals surface area contributed by atoms with Gasteiger partial charge in [0.15, 0.2) is 11.2 Å². The maximum atomic E-state index is 5.53. The Morgan fingerprint density at radius 1 is 1.40 bits per heavy atom. The van der Waals surface area contributed by atoms with Crippen LogP contribution in [0.5, 0.6) is 0 Å². The minimum absolute atomic E-state index is 0.0636. The van der Waals surface area contributed by atoms with Crippen molar-refractivity contribution in [3.05, 3.63) is 24.2 Å². The molecule has 2 heterocycles. The van der Waals surface area contributed by atoms with E-state index in [1.165, 1.54) is 0 Å². The second kappa shape index (κ2) is 3.62. The summed E-state index contributed by atoms with van der Waals surface area (Å²) in [6.07, 6.45) is 1.71. The van der Waals surface area contributed by atoms with Crippen LogP contribution in [0.3, 0.4) is 0 Å². The largest absolute Gasteiger partial charge is 0.438 e. The van der Waals surface area contributed by atoms with Crippen LogP contribution in [0.2, 0.25) is 0 Å². The summed E-state index contributed by atoms with van der Waals surface area (Å²) in [5.41, 5.74) is 1.47. The van der Waals surface area contributed by atoms with Crippen molar-refractivity contribution in [1.29, 1.82) is 0 Å². The molecule has 0 spiro atoms. The predicted molar refractivity (Wildman–Crippen MR) is 58.4 cm³/mol. The highest BCUT2D eigenvalue weighted by molar-refractivity contribution is 5.66. The van der Waals surface area contributed by atoms with Crippen LogP contribution in [-0.2, 0) is 6.54 Å². The zero-order valence-electron chi connectivity index (χ0n) is 9.24. The Morgan fingerprint density at radius 3 is 2.87 bits per heavy atom. The lowest BCUT2D eigenvalue weighted by atomic mass is 10.1. The Kier molecular flexibility index (Phi) is 2.44. The van der Waals surface area contributed by atoms with Crippen molar-refractivity contribution in [3.63, 3.8) is 0 Å². The van der Waals surface area contributed by atoms with Crippen molar-refractivity contribution in [3.8, 4) is 0 Å². The zero-order chi connectivity index (χ0) is 10.9. The molecule has 4 nitrogen and oxygen atoms in total. The molecule has 2 rings (SSSR count). The van der Waals surface area contributed by atoms with Gasteiger partial charge in [0, 0.05) is 11.7 Å². The molecule has 0 unspecified atom stereocenters. The monoisotopic (exact) mass is 205 g/mol. The van der Waals surface area contributed by atoms with E-state index in [0.29, 0.717) is 18.1 Å². The first-order chi connectivity index (χ1) is 7.04. The van der Waals surface area contributed by atoms with Gasteiger partial charge in [0.1, 0.15) is 0 Å². The smallest absolute Gasteiger partial charge is 0.211 e. The van der Waals surface area contributed by atoms with Gasteiger partial charge in [-0.1, -0.05) is 0 Å². The van der Waals surface area contributed by atoms with Gasteiger partial charge in [0.05, 0.1) is 6.54 Å². The summed E-state index contributed by atoms with van der Waals surface area (Å²) in [6.45, 7) is 6.94. The summed E-state index contributed by atoms with van der Waals surface area (Å²) in [4.78, 5) is 8.39. The van der Waals surface area contributed by atoms with E-state index in [1.54, 1.807) is 6.20 Å². The number of nitrogens with one attached hydrogen (secondary N) is 1. The molecule has 0 aliphatic rings. The third-order valence-corrected chi connectivity index (χ3v) is 1.98. The van der Waals surface area contributed by atoms with Crippen LogP contribution >= 0.6 is 0 Å². The fourth-order valence-corrected chi connectivity index (χ4v) is 1.23. The lowest BCUT2D eigenvalue weighted by Crippen LogP contribution is -2.35. The van der Waals surface area contributed by atoms with Gasteiger partial charge in [-0.3, -0.25) is 0 Å². The Hall–Kier alpha value is -1.42. The van der Waals surface area contributed by atoms with E-state index in [4.69, 9.17) is 4.42 Å². The van der Waals surface area contributed by atoms with Crippen LogP contribution in [0.25, 0.3) is 11.2 Å². The van der Waals surface area contributed by atoms with Gasteiger partial charge in [0.2, 0.25) is 5.89 Å². The summed E-state index contributed by atoms with van der Waals surface area (Å²) in [7, 11) is 0. The predicted octanol–water partition coefficient (Wildman–Crippen LogP) is 2.11. The standard InChI is InChI=1S/C11H15N3O/c1-11(2,3)13-7-9-14-10-8(15-9)5-4-6-12-10/h4-6,13H,7H2,1-3H3. The molecule has 0 amide bonds. The van der Waals surface area contributed by atoms with Gasteiger partial charge in [0.25, 0.3) is 0 Å². The molecule has 2 aromatic rings. The summed E-state index contributed by atoms with van der Waals surface area (Å²) in [5.74, 6) is 0.679. The van der Waals surface area contributed by atoms with Gasteiger partial charge in [-0.15, -0.1) is 0 Å². The van der Waals surface area contributed by atoms with Crippen molar-refractivity contribution in [2.75, 3.05) is 0 Å². The number of aromatic nitrogens is 2. The molecule has 0 aliphatic heterocycles. The molecule has 1 N–H and O–H groups in total. The van der Waals surface area contributed by atoms with Crippen LogP contribution < -0.4 is 5.32 Å². The molecule has 2 aromatic heterocycles. The first kappa shape index (κ1) is 10.1. The Bertz CT molecular complexity index is 423. The van der Waals surface area contributed by atoms with E-state index in [1.807, 2.05) is 12.1 Å². The molecule has 0 radical (unpaired) electrons. The van der Waals surface area contributed by atoms with E-state index in [2.05, 4.69) is 36.1 Å². The number of hydrogen-bond donors (Lipinski definition) is 1. The maximum absolute atomic E-state index is 5.53. The zero-order valence-corrected chi connectivity index (χ0v) is 9.24. The summed E-state index contributed by atoms with van der Waals surface area (Å²) >= 11 is 0. The van der Waals surface area contributed by atoms with Gasteiger partial charge < -0.3 is 9.73 Å². The van der Waals surface area contributed by atoms with Crippen molar-refractivity contribution < 1.29 is 4.42 Å². The van der Waals surface area contributed by atoms with Crippen LogP contribution in [-0.4, -0.2) is 15.5 Å². The fourth-order valence-electron chi connectivity index (χ4n) is 1.23. The van der Waals surface area contributed by atoms with Crippen LogP contribution in [0.1, 0.15) is 26.7 Å². The molecule has 0 aromatic carbocycles. The SMILES string of the molecule is CC(C)(C)NCc1nc2ncccc2o1. The summed E-state index contributed by atoms with van der Waals surface area (Å²) in [6, 6.07) is 3.71. The third-order valence-electron chi connectivity index (χ3n) is 1.98. The lowest BCUT2D eigenvalue weighted by molar-refractivity contribution is 0.388. The molecule has 0 saturated heterocycles. The number of hydrogen-bond acceptors (Lipinski definition) is 4. The maximum Gasteiger partial charge on any atom is 0.211 e. The molecule has 0 saturated carbocycles. The molecular weight excluding hydrogens is 190 g/mol. The highest BCUT2D eigenvalue weighted by Gasteiger charge is 2.11. The normalized spacial score (nSPS) is 12.2. The Morgan fingerprint density at radius 2 is 2.20 bits per heavy atom. The van der Waals surface area contributed by atoms with E-state index >= 15 is 0 Å².